The first-order chi connectivity index (χ1) is 9.72. The van der Waals surface area contributed by atoms with Crippen LogP contribution in [0.3, 0.4) is 0 Å². The quantitative estimate of drug-likeness (QED) is 0.896. The fourth-order valence-electron chi connectivity index (χ4n) is 2.72. The average Bonchev–Trinajstić information content (AvgIpc) is 2.53. The van der Waals surface area contributed by atoms with E-state index in [9.17, 15) is 4.79 Å². The van der Waals surface area contributed by atoms with Crippen molar-refractivity contribution < 1.29 is 4.79 Å². The zero-order chi connectivity index (χ0) is 14.4. The molecular formula is C16H25N3O. The first-order valence-corrected chi connectivity index (χ1v) is 7.69. The topological polar surface area (TPSA) is 45.2 Å². The third-order valence-electron chi connectivity index (χ3n) is 4.01. The summed E-state index contributed by atoms with van der Waals surface area (Å²) >= 11 is 0. The van der Waals surface area contributed by atoms with Crippen LogP contribution in [-0.2, 0) is 0 Å². The van der Waals surface area contributed by atoms with Gasteiger partial charge >= 0.3 is 0 Å². The first kappa shape index (κ1) is 14.8. The number of anilines is 1. The average molecular weight is 275 g/mol. The number of aromatic nitrogens is 1. The molecule has 1 aliphatic carbocycles. The Balaban J connectivity index is 1.97. The summed E-state index contributed by atoms with van der Waals surface area (Å²) in [6.07, 6.45) is 8.78. The van der Waals surface area contributed by atoms with Gasteiger partial charge in [0.2, 0.25) is 0 Å². The minimum atomic E-state index is 0.0893. The number of nitrogens with zero attached hydrogens (tertiary/aromatic N) is 2. The zero-order valence-electron chi connectivity index (χ0n) is 12.6. The van der Waals surface area contributed by atoms with E-state index >= 15 is 0 Å². The van der Waals surface area contributed by atoms with Crippen molar-refractivity contribution in [2.45, 2.75) is 51.5 Å². The summed E-state index contributed by atoms with van der Waals surface area (Å²) in [6, 6.07) is 4.15. The van der Waals surface area contributed by atoms with Gasteiger partial charge in [-0.15, -0.1) is 0 Å². The summed E-state index contributed by atoms with van der Waals surface area (Å²) in [6.45, 7) is 3.02. The van der Waals surface area contributed by atoms with Crippen molar-refractivity contribution in [1.82, 2.24) is 9.88 Å². The van der Waals surface area contributed by atoms with E-state index in [2.05, 4.69) is 17.2 Å². The summed E-state index contributed by atoms with van der Waals surface area (Å²) in [5, 5.41) is 3.22. The monoisotopic (exact) mass is 275 g/mol. The van der Waals surface area contributed by atoms with Crippen LogP contribution in [0.15, 0.2) is 18.3 Å². The fourth-order valence-corrected chi connectivity index (χ4v) is 2.72. The van der Waals surface area contributed by atoms with E-state index in [1.807, 2.05) is 24.1 Å². The van der Waals surface area contributed by atoms with E-state index in [-0.39, 0.29) is 5.91 Å². The van der Waals surface area contributed by atoms with Crippen LogP contribution >= 0.6 is 0 Å². The van der Waals surface area contributed by atoms with E-state index in [4.69, 9.17) is 0 Å². The van der Waals surface area contributed by atoms with E-state index in [0.29, 0.717) is 11.6 Å². The molecule has 1 heterocycles. The normalized spacial score (nSPS) is 15.9. The molecule has 0 aliphatic heterocycles. The van der Waals surface area contributed by atoms with E-state index in [1.54, 1.807) is 6.20 Å². The van der Waals surface area contributed by atoms with Crippen LogP contribution < -0.4 is 5.32 Å². The largest absolute Gasteiger partial charge is 0.370 e. The Bertz CT molecular complexity index is 424. The van der Waals surface area contributed by atoms with Crippen molar-refractivity contribution in [3.8, 4) is 0 Å². The lowest BCUT2D eigenvalue weighted by atomic mass is 9.94. The van der Waals surface area contributed by atoms with E-state index in [1.165, 1.54) is 19.3 Å². The Kier molecular flexibility index (Phi) is 5.39. The molecule has 1 N–H and O–H groups in total. The number of carbonyl (C=O) groups excluding carboxylic acids is 1. The summed E-state index contributed by atoms with van der Waals surface area (Å²) in [7, 11) is 1.92. The molecule has 0 atom stereocenters. The zero-order valence-corrected chi connectivity index (χ0v) is 12.6. The summed E-state index contributed by atoms with van der Waals surface area (Å²) < 4.78 is 0. The van der Waals surface area contributed by atoms with Crippen LogP contribution in [0.4, 0.5) is 5.82 Å². The molecule has 1 fully saturated rings. The fraction of sp³-hybridized carbons (Fsp3) is 0.625. The van der Waals surface area contributed by atoms with E-state index < -0.39 is 0 Å². The highest BCUT2D eigenvalue weighted by molar-refractivity contribution is 5.94. The van der Waals surface area contributed by atoms with Crippen molar-refractivity contribution in [3.05, 3.63) is 23.9 Å². The lowest BCUT2D eigenvalue weighted by Crippen LogP contribution is -2.38. The van der Waals surface area contributed by atoms with Crippen LogP contribution in [0.5, 0.6) is 0 Å². The van der Waals surface area contributed by atoms with Crippen LogP contribution in [0.25, 0.3) is 0 Å². The van der Waals surface area contributed by atoms with Crippen LogP contribution in [0.2, 0.25) is 0 Å². The van der Waals surface area contributed by atoms with Gasteiger partial charge in [-0.1, -0.05) is 26.2 Å². The van der Waals surface area contributed by atoms with Crippen molar-refractivity contribution in [1.29, 1.82) is 0 Å². The SMILES string of the molecule is CCCNc1ccc(C(=O)N(C)C2CCCCC2)cn1. The molecule has 0 bridgehead atoms. The number of rotatable bonds is 5. The molecular weight excluding hydrogens is 250 g/mol. The van der Waals surface area contributed by atoms with Gasteiger partial charge in [-0.25, -0.2) is 4.98 Å². The molecule has 4 heteroatoms. The van der Waals surface area contributed by atoms with Gasteiger partial charge in [0, 0.05) is 25.8 Å². The third kappa shape index (κ3) is 3.71. The highest BCUT2D eigenvalue weighted by Crippen LogP contribution is 2.22. The maximum Gasteiger partial charge on any atom is 0.255 e. The number of nitrogens with one attached hydrogen (secondary N) is 1. The predicted molar refractivity (Wildman–Crippen MR) is 82.0 cm³/mol. The number of hydrogen-bond donors (Lipinski definition) is 1. The molecule has 0 unspecified atom stereocenters. The Morgan fingerprint density at radius 2 is 2.10 bits per heavy atom. The predicted octanol–water partition coefficient (Wildman–Crippen LogP) is 3.31. The molecule has 1 aliphatic rings. The Morgan fingerprint density at radius 1 is 1.35 bits per heavy atom. The van der Waals surface area contributed by atoms with Gasteiger partial charge in [0.05, 0.1) is 5.56 Å². The standard InChI is InChI=1S/C16H25N3O/c1-3-11-17-15-10-9-13(12-18-15)16(20)19(2)14-7-5-4-6-8-14/h9-10,12,14H,3-8,11H2,1-2H3,(H,17,18). The number of pyridine rings is 1. The molecule has 2 rings (SSSR count). The number of hydrogen-bond acceptors (Lipinski definition) is 3. The number of carbonyl (C=O) groups is 1. The molecule has 110 valence electrons. The minimum absolute atomic E-state index is 0.0893. The van der Waals surface area contributed by atoms with Gasteiger partial charge in [0.25, 0.3) is 5.91 Å². The molecule has 1 amide bonds. The second-order valence-electron chi connectivity index (χ2n) is 5.57. The van der Waals surface area contributed by atoms with Gasteiger partial charge < -0.3 is 10.2 Å². The Morgan fingerprint density at radius 3 is 2.70 bits per heavy atom. The molecule has 1 aromatic rings. The molecule has 1 saturated carbocycles. The third-order valence-corrected chi connectivity index (χ3v) is 4.01. The van der Waals surface area contributed by atoms with Gasteiger partial charge in [-0.2, -0.15) is 0 Å². The van der Waals surface area contributed by atoms with Crippen LogP contribution in [0, 0.1) is 0 Å². The first-order valence-electron chi connectivity index (χ1n) is 7.69. The van der Waals surface area contributed by atoms with E-state index in [0.717, 1.165) is 31.6 Å². The molecule has 0 aromatic carbocycles. The smallest absolute Gasteiger partial charge is 0.255 e. The summed E-state index contributed by atoms with van der Waals surface area (Å²) in [5.74, 6) is 0.926. The van der Waals surface area contributed by atoms with Gasteiger partial charge in [0.15, 0.2) is 0 Å². The van der Waals surface area contributed by atoms with Crippen LogP contribution in [-0.4, -0.2) is 35.4 Å². The molecule has 0 spiro atoms. The minimum Gasteiger partial charge on any atom is -0.370 e. The van der Waals surface area contributed by atoms with Crippen molar-refractivity contribution in [2.24, 2.45) is 0 Å². The molecule has 0 radical (unpaired) electrons. The second kappa shape index (κ2) is 7.27. The summed E-state index contributed by atoms with van der Waals surface area (Å²) in [4.78, 5) is 18.6. The van der Waals surface area contributed by atoms with Crippen molar-refractivity contribution in [2.75, 3.05) is 18.9 Å². The Hall–Kier alpha value is -1.58. The highest BCUT2D eigenvalue weighted by atomic mass is 16.2. The molecule has 1 aromatic heterocycles. The lowest BCUT2D eigenvalue weighted by Gasteiger charge is -2.31. The van der Waals surface area contributed by atoms with Gasteiger partial charge in [-0.3, -0.25) is 4.79 Å². The Labute approximate surface area is 121 Å². The summed E-state index contributed by atoms with van der Waals surface area (Å²) in [5.41, 5.74) is 0.681. The van der Waals surface area contributed by atoms with Gasteiger partial charge in [0.1, 0.15) is 5.82 Å². The molecule has 4 nitrogen and oxygen atoms in total. The van der Waals surface area contributed by atoms with Crippen molar-refractivity contribution in [3.63, 3.8) is 0 Å². The molecule has 0 saturated heterocycles. The molecule has 20 heavy (non-hydrogen) atoms. The van der Waals surface area contributed by atoms with Crippen molar-refractivity contribution >= 4 is 11.7 Å². The maximum atomic E-state index is 12.4. The van der Waals surface area contributed by atoms with Gasteiger partial charge in [-0.05, 0) is 31.4 Å². The highest BCUT2D eigenvalue weighted by Gasteiger charge is 2.22. The maximum absolute atomic E-state index is 12.4. The van der Waals surface area contributed by atoms with Crippen LogP contribution in [0.1, 0.15) is 55.8 Å². The lowest BCUT2D eigenvalue weighted by molar-refractivity contribution is 0.0696. The second-order valence-corrected chi connectivity index (χ2v) is 5.57. The number of amides is 1.